The molecule has 1 saturated heterocycles. The van der Waals surface area contributed by atoms with E-state index in [1.807, 2.05) is 72.8 Å². The lowest BCUT2D eigenvalue weighted by atomic mass is 10.2. The van der Waals surface area contributed by atoms with Gasteiger partial charge in [-0.15, -0.1) is 0 Å². The first-order valence-electron chi connectivity index (χ1n) is 16.2. The zero-order valence-electron chi connectivity index (χ0n) is 27.5. The van der Waals surface area contributed by atoms with Crippen molar-refractivity contribution >= 4 is 17.1 Å². The number of ether oxygens (including phenoxy) is 3. The molecule has 1 fully saturated rings. The Bertz CT molecular complexity index is 1690. The molecule has 1 aliphatic heterocycles. The van der Waals surface area contributed by atoms with E-state index in [4.69, 9.17) is 14.2 Å². The number of rotatable bonds is 9. The SMILES string of the molecule is Cc1ccc(Oc2ccc(N3CN(c4ccc(Oc5ccc(C)cc5)cc4)CN(c4ccc(Oc5ccc(C)cc5)cc4)C3)cc2)cc1. The van der Waals surface area contributed by atoms with E-state index in [-0.39, 0.29) is 0 Å². The van der Waals surface area contributed by atoms with Crippen molar-refractivity contribution in [1.82, 2.24) is 0 Å². The van der Waals surface area contributed by atoms with E-state index in [1.54, 1.807) is 0 Å². The molecular formula is C42H39N3O3. The zero-order chi connectivity index (χ0) is 32.9. The predicted octanol–water partition coefficient (Wildman–Crippen LogP) is 10.7. The summed E-state index contributed by atoms with van der Waals surface area (Å²) in [5.74, 6) is 4.90. The number of hydrogen-bond acceptors (Lipinski definition) is 6. The van der Waals surface area contributed by atoms with Gasteiger partial charge in [-0.25, -0.2) is 0 Å². The van der Waals surface area contributed by atoms with Gasteiger partial charge in [-0.05, 0) is 130 Å². The van der Waals surface area contributed by atoms with Crippen LogP contribution in [0.1, 0.15) is 16.7 Å². The second-order valence-electron chi connectivity index (χ2n) is 12.3. The second kappa shape index (κ2) is 13.9. The zero-order valence-corrected chi connectivity index (χ0v) is 27.5. The van der Waals surface area contributed by atoms with Crippen molar-refractivity contribution in [2.75, 3.05) is 34.7 Å². The fraction of sp³-hybridized carbons (Fsp3) is 0.143. The van der Waals surface area contributed by atoms with Gasteiger partial charge in [0.1, 0.15) is 34.5 Å². The number of hydrogen-bond donors (Lipinski definition) is 0. The standard InChI is InChI=1S/C42H39N3O3/c1-31-4-16-37(17-5-31)46-40-22-10-34(11-23-40)43-28-44(35-12-24-41(25-13-35)47-38-18-6-32(2)7-19-38)30-45(29-43)36-14-26-42(27-15-36)48-39-20-8-33(3)9-21-39/h4-27H,28-30H2,1-3H3. The minimum atomic E-state index is 0.724. The van der Waals surface area contributed by atoms with Crippen molar-refractivity contribution < 1.29 is 14.2 Å². The number of benzene rings is 6. The van der Waals surface area contributed by atoms with Crippen molar-refractivity contribution in [2.45, 2.75) is 20.8 Å². The molecule has 0 N–H and O–H groups in total. The largest absolute Gasteiger partial charge is 0.457 e. The van der Waals surface area contributed by atoms with Crippen LogP contribution >= 0.6 is 0 Å². The maximum atomic E-state index is 6.11. The summed E-state index contributed by atoms with van der Waals surface area (Å²) in [5, 5.41) is 0. The summed E-state index contributed by atoms with van der Waals surface area (Å²) >= 11 is 0. The van der Waals surface area contributed by atoms with E-state index in [1.165, 1.54) is 16.7 Å². The Morgan fingerprint density at radius 1 is 0.292 bits per heavy atom. The molecular weight excluding hydrogens is 594 g/mol. The fourth-order valence-corrected chi connectivity index (χ4v) is 5.64. The molecule has 0 spiro atoms. The van der Waals surface area contributed by atoms with Gasteiger partial charge in [0, 0.05) is 17.1 Å². The van der Waals surface area contributed by atoms with Crippen LogP contribution < -0.4 is 28.9 Å². The van der Waals surface area contributed by atoms with E-state index < -0.39 is 0 Å². The quantitative estimate of drug-likeness (QED) is 0.158. The average Bonchev–Trinajstić information content (AvgIpc) is 3.12. The third kappa shape index (κ3) is 7.56. The third-order valence-corrected chi connectivity index (χ3v) is 8.40. The van der Waals surface area contributed by atoms with Crippen LogP contribution in [0.4, 0.5) is 17.1 Å². The first-order chi connectivity index (χ1) is 23.4. The van der Waals surface area contributed by atoms with Crippen molar-refractivity contribution in [2.24, 2.45) is 0 Å². The van der Waals surface area contributed by atoms with Crippen LogP contribution in [-0.4, -0.2) is 20.0 Å². The summed E-state index contributed by atoms with van der Waals surface area (Å²) < 4.78 is 18.3. The van der Waals surface area contributed by atoms with Gasteiger partial charge in [-0.3, -0.25) is 0 Å². The molecule has 1 heterocycles. The van der Waals surface area contributed by atoms with Gasteiger partial charge < -0.3 is 28.9 Å². The highest BCUT2D eigenvalue weighted by Crippen LogP contribution is 2.32. The lowest BCUT2D eigenvalue weighted by Gasteiger charge is -2.45. The van der Waals surface area contributed by atoms with Crippen molar-refractivity contribution in [3.05, 3.63) is 162 Å². The van der Waals surface area contributed by atoms with Crippen LogP contribution in [0.15, 0.2) is 146 Å². The van der Waals surface area contributed by atoms with Crippen LogP contribution in [0.2, 0.25) is 0 Å². The second-order valence-corrected chi connectivity index (χ2v) is 12.3. The Balaban J connectivity index is 1.11. The Kier molecular flexibility index (Phi) is 8.88. The van der Waals surface area contributed by atoms with Crippen LogP contribution in [0.25, 0.3) is 0 Å². The van der Waals surface area contributed by atoms with Crippen LogP contribution in [-0.2, 0) is 0 Å². The van der Waals surface area contributed by atoms with Crippen molar-refractivity contribution in [3.63, 3.8) is 0 Å². The van der Waals surface area contributed by atoms with Crippen LogP contribution in [0.3, 0.4) is 0 Å². The molecule has 0 aliphatic carbocycles. The van der Waals surface area contributed by atoms with Gasteiger partial charge in [0.15, 0.2) is 0 Å². The van der Waals surface area contributed by atoms with Gasteiger partial charge >= 0.3 is 0 Å². The highest BCUT2D eigenvalue weighted by Gasteiger charge is 2.25. The minimum Gasteiger partial charge on any atom is -0.457 e. The third-order valence-electron chi connectivity index (χ3n) is 8.40. The summed E-state index contributed by atoms with van der Waals surface area (Å²) in [6.07, 6.45) is 0. The highest BCUT2D eigenvalue weighted by atomic mass is 16.5. The summed E-state index contributed by atoms with van der Waals surface area (Å²) in [5.41, 5.74) is 6.95. The molecule has 7 rings (SSSR count). The fourth-order valence-electron chi connectivity index (χ4n) is 5.64. The summed E-state index contributed by atoms with van der Waals surface area (Å²) in [6, 6.07) is 49.3. The van der Waals surface area contributed by atoms with E-state index in [0.29, 0.717) is 0 Å². The molecule has 0 saturated carbocycles. The maximum absolute atomic E-state index is 6.11. The first kappa shape index (κ1) is 30.8. The lowest BCUT2D eigenvalue weighted by molar-refractivity contribution is 0.482. The normalized spacial score (nSPS) is 12.9. The Labute approximate surface area is 283 Å². The molecule has 6 heteroatoms. The molecule has 0 aromatic heterocycles. The highest BCUT2D eigenvalue weighted by molar-refractivity contribution is 5.60. The summed E-state index contributed by atoms with van der Waals surface area (Å²) in [4.78, 5) is 7.10. The van der Waals surface area contributed by atoms with Crippen molar-refractivity contribution in [1.29, 1.82) is 0 Å². The minimum absolute atomic E-state index is 0.724. The molecule has 6 nitrogen and oxygen atoms in total. The predicted molar refractivity (Wildman–Crippen MR) is 195 cm³/mol. The van der Waals surface area contributed by atoms with E-state index in [9.17, 15) is 0 Å². The molecule has 6 aromatic rings. The Morgan fingerprint density at radius 2 is 0.479 bits per heavy atom. The molecule has 240 valence electrons. The summed E-state index contributed by atoms with van der Waals surface area (Å²) in [7, 11) is 0. The van der Waals surface area contributed by atoms with Gasteiger partial charge in [-0.2, -0.15) is 0 Å². The molecule has 0 radical (unpaired) electrons. The molecule has 6 aromatic carbocycles. The number of nitrogens with zero attached hydrogens (tertiary/aromatic N) is 3. The smallest absolute Gasteiger partial charge is 0.127 e. The van der Waals surface area contributed by atoms with E-state index in [2.05, 4.69) is 108 Å². The van der Waals surface area contributed by atoms with Crippen molar-refractivity contribution in [3.8, 4) is 34.5 Å². The Hall–Kier alpha value is -5.88. The summed E-state index contributed by atoms with van der Waals surface area (Å²) in [6.45, 7) is 8.39. The topological polar surface area (TPSA) is 37.4 Å². The van der Waals surface area contributed by atoms with Gasteiger partial charge in [0.05, 0.1) is 20.0 Å². The molecule has 0 amide bonds. The molecule has 48 heavy (non-hydrogen) atoms. The van der Waals surface area contributed by atoms with Gasteiger partial charge in [-0.1, -0.05) is 53.1 Å². The monoisotopic (exact) mass is 633 g/mol. The van der Waals surface area contributed by atoms with Crippen LogP contribution in [0, 0.1) is 20.8 Å². The first-order valence-corrected chi connectivity index (χ1v) is 16.2. The van der Waals surface area contributed by atoms with E-state index in [0.717, 1.165) is 71.6 Å². The van der Waals surface area contributed by atoms with Crippen LogP contribution in [0.5, 0.6) is 34.5 Å². The number of anilines is 3. The number of aryl methyl sites for hydroxylation is 3. The van der Waals surface area contributed by atoms with Gasteiger partial charge in [0.25, 0.3) is 0 Å². The lowest BCUT2D eigenvalue weighted by Crippen LogP contribution is -2.55. The molecule has 1 aliphatic rings. The molecule has 0 atom stereocenters. The maximum Gasteiger partial charge on any atom is 0.127 e. The van der Waals surface area contributed by atoms with Gasteiger partial charge in [0.2, 0.25) is 0 Å². The van der Waals surface area contributed by atoms with E-state index >= 15 is 0 Å². The molecule has 0 bridgehead atoms. The Morgan fingerprint density at radius 3 is 0.688 bits per heavy atom. The molecule has 0 unspecified atom stereocenters. The average molecular weight is 634 g/mol.